The number of aromatic nitrogens is 3. The maximum absolute atomic E-state index is 13.2. The van der Waals surface area contributed by atoms with Crippen molar-refractivity contribution in [3.8, 4) is 11.1 Å². The second-order valence-corrected chi connectivity index (χ2v) is 8.04. The van der Waals surface area contributed by atoms with E-state index in [1.807, 2.05) is 18.2 Å². The molecule has 0 spiro atoms. The lowest BCUT2D eigenvalue weighted by atomic mass is 9.79. The highest BCUT2D eigenvalue weighted by molar-refractivity contribution is 5.93. The van der Waals surface area contributed by atoms with Gasteiger partial charge in [-0.2, -0.15) is 5.10 Å². The molecule has 4 rings (SSSR count). The zero-order valence-electron chi connectivity index (χ0n) is 17.2. The SMILES string of the molecule is CN(C)C(=O)[C@]1(Cc2cccc(-c3ccncc3)c2)CCN(C(=O)c2ccn[nH]2)C1. The maximum atomic E-state index is 13.2. The summed E-state index contributed by atoms with van der Waals surface area (Å²) >= 11 is 0. The van der Waals surface area contributed by atoms with E-state index < -0.39 is 5.41 Å². The van der Waals surface area contributed by atoms with Crippen LogP contribution >= 0.6 is 0 Å². The molecule has 1 aliphatic heterocycles. The number of carbonyl (C=O) groups is 2. The van der Waals surface area contributed by atoms with Crippen molar-refractivity contribution in [1.29, 1.82) is 0 Å². The second-order valence-electron chi connectivity index (χ2n) is 8.04. The summed E-state index contributed by atoms with van der Waals surface area (Å²) in [5.74, 6) is -0.0665. The van der Waals surface area contributed by atoms with E-state index in [0.717, 1.165) is 16.7 Å². The Hall–Kier alpha value is -3.48. The Balaban J connectivity index is 1.61. The Kier molecular flexibility index (Phi) is 5.35. The van der Waals surface area contributed by atoms with Gasteiger partial charge in [-0.1, -0.05) is 24.3 Å². The summed E-state index contributed by atoms with van der Waals surface area (Å²) in [6, 6.07) is 13.9. The fraction of sp³-hybridized carbons (Fsp3) is 0.304. The van der Waals surface area contributed by atoms with Gasteiger partial charge in [0.1, 0.15) is 5.69 Å². The van der Waals surface area contributed by atoms with Crippen LogP contribution in [0.15, 0.2) is 61.1 Å². The van der Waals surface area contributed by atoms with Crippen molar-refractivity contribution in [2.45, 2.75) is 12.8 Å². The van der Waals surface area contributed by atoms with E-state index in [0.29, 0.717) is 31.6 Å². The lowest BCUT2D eigenvalue weighted by Crippen LogP contribution is -2.44. The number of carbonyl (C=O) groups excluding carboxylic acids is 2. The number of aromatic amines is 1. The molecule has 2 amide bonds. The topological polar surface area (TPSA) is 82.2 Å². The van der Waals surface area contributed by atoms with Gasteiger partial charge in [0.05, 0.1) is 5.41 Å². The fourth-order valence-corrected chi connectivity index (χ4v) is 4.26. The van der Waals surface area contributed by atoms with E-state index in [4.69, 9.17) is 0 Å². The summed E-state index contributed by atoms with van der Waals surface area (Å²) in [5, 5.41) is 6.60. The van der Waals surface area contributed by atoms with E-state index in [1.165, 1.54) is 0 Å². The van der Waals surface area contributed by atoms with Crippen LogP contribution in [0.1, 0.15) is 22.5 Å². The lowest BCUT2D eigenvalue weighted by Gasteiger charge is -2.31. The number of rotatable bonds is 5. The third-order valence-electron chi connectivity index (χ3n) is 5.72. The Labute approximate surface area is 175 Å². The van der Waals surface area contributed by atoms with Crippen LogP contribution in [-0.4, -0.2) is 64.0 Å². The molecule has 2 aromatic heterocycles. The van der Waals surface area contributed by atoms with Gasteiger partial charge >= 0.3 is 0 Å². The largest absolute Gasteiger partial charge is 0.348 e. The van der Waals surface area contributed by atoms with Crippen LogP contribution in [0.25, 0.3) is 11.1 Å². The number of hydrogen-bond acceptors (Lipinski definition) is 4. The van der Waals surface area contributed by atoms with Gasteiger partial charge in [0.15, 0.2) is 0 Å². The van der Waals surface area contributed by atoms with Crippen LogP contribution in [0.5, 0.6) is 0 Å². The van der Waals surface area contributed by atoms with Crippen LogP contribution in [0.3, 0.4) is 0 Å². The molecule has 154 valence electrons. The van der Waals surface area contributed by atoms with Crippen LogP contribution in [0.2, 0.25) is 0 Å². The predicted octanol–water partition coefficient (Wildman–Crippen LogP) is 2.63. The minimum Gasteiger partial charge on any atom is -0.348 e. The Bertz CT molecular complexity index is 1030. The molecule has 1 N–H and O–H groups in total. The molecule has 0 radical (unpaired) electrons. The van der Waals surface area contributed by atoms with E-state index >= 15 is 0 Å². The van der Waals surface area contributed by atoms with Gasteiger partial charge in [-0.15, -0.1) is 0 Å². The standard InChI is InChI=1S/C23H25N5O2/c1-27(2)22(30)23(9-13-28(16-23)21(29)20-8-12-25-26-20)15-17-4-3-5-19(14-17)18-6-10-24-11-7-18/h3-8,10-12,14H,9,13,15-16H2,1-2H3,(H,25,26)/t23-/m0/s1. The molecular formula is C23H25N5O2. The average molecular weight is 403 g/mol. The maximum Gasteiger partial charge on any atom is 0.271 e. The average Bonchev–Trinajstić information content (AvgIpc) is 3.45. The normalized spacial score (nSPS) is 18.4. The van der Waals surface area contributed by atoms with Gasteiger partial charge in [0.25, 0.3) is 5.91 Å². The molecule has 1 fully saturated rings. The van der Waals surface area contributed by atoms with E-state index in [-0.39, 0.29) is 11.8 Å². The fourth-order valence-electron chi connectivity index (χ4n) is 4.26. The first kappa shape index (κ1) is 19.8. The number of nitrogens with one attached hydrogen (secondary N) is 1. The van der Waals surface area contributed by atoms with Crippen molar-refractivity contribution in [3.63, 3.8) is 0 Å². The number of H-pyrrole nitrogens is 1. The molecule has 3 aromatic rings. The quantitative estimate of drug-likeness (QED) is 0.710. The first-order valence-corrected chi connectivity index (χ1v) is 9.98. The zero-order valence-corrected chi connectivity index (χ0v) is 17.2. The van der Waals surface area contributed by atoms with Gasteiger partial charge in [-0.05, 0) is 47.7 Å². The van der Waals surface area contributed by atoms with E-state index in [2.05, 4.69) is 33.4 Å². The Morgan fingerprint density at radius 1 is 1.10 bits per heavy atom. The molecule has 0 bridgehead atoms. The number of likely N-dealkylation sites (tertiary alicyclic amines) is 1. The molecule has 1 atom stereocenters. The minimum atomic E-state index is -0.643. The number of pyridine rings is 1. The van der Waals surface area contributed by atoms with Crippen molar-refractivity contribution in [2.75, 3.05) is 27.2 Å². The van der Waals surface area contributed by atoms with E-state index in [9.17, 15) is 9.59 Å². The minimum absolute atomic E-state index is 0.0525. The van der Waals surface area contributed by atoms with Crippen molar-refractivity contribution in [1.82, 2.24) is 25.0 Å². The summed E-state index contributed by atoms with van der Waals surface area (Å²) in [6.07, 6.45) is 6.31. The smallest absolute Gasteiger partial charge is 0.271 e. The summed E-state index contributed by atoms with van der Waals surface area (Å²) in [7, 11) is 3.55. The molecule has 30 heavy (non-hydrogen) atoms. The van der Waals surface area contributed by atoms with Gasteiger partial charge in [0, 0.05) is 45.8 Å². The molecule has 0 unspecified atom stereocenters. The van der Waals surface area contributed by atoms with Crippen LogP contribution in [0.4, 0.5) is 0 Å². The summed E-state index contributed by atoms with van der Waals surface area (Å²) in [4.78, 5) is 33.5. The van der Waals surface area contributed by atoms with Crippen LogP contribution in [-0.2, 0) is 11.2 Å². The first-order valence-electron chi connectivity index (χ1n) is 9.98. The van der Waals surface area contributed by atoms with Crippen LogP contribution < -0.4 is 0 Å². The molecular weight excluding hydrogens is 378 g/mol. The zero-order chi connectivity index (χ0) is 21.1. The van der Waals surface area contributed by atoms with Crippen molar-refractivity contribution in [3.05, 3.63) is 72.3 Å². The molecule has 3 heterocycles. The Morgan fingerprint density at radius 2 is 1.90 bits per heavy atom. The second kappa shape index (κ2) is 8.10. The molecule has 1 aromatic carbocycles. The van der Waals surface area contributed by atoms with Gasteiger partial charge in [0.2, 0.25) is 5.91 Å². The van der Waals surface area contributed by atoms with Gasteiger partial charge in [-0.25, -0.2) is 0 Å². The molecule has 1 saturated heterocycles. The van der Waals surface area contributed by atoms with Gasteiger partial charge < -0.3 is 9.80 Å². The molecule has 7 nitrogen and oxygen atoms in total. The lowest BCUT2D eigenvalue weighted by molar-refractivity contribution is -0.138. The number of amides is 2. The van der Waals surface area contributed by atoms with Crippen molar-refractivity contribution < 1.29 is 9.59 Å². The molecule has 0 saturated carbocycles. The highest BCUT2D eigenvalue weighted by Gasteiger charge is 2.47. The van der Waals surface area contributed by atoms with E-state index in [1.54, 1.807) is 48.6 Å². The molecule has 7 heteroatoms. The third-order valence-corrected chi connectivity index (χ3v) is 5.72. The summed E-state index contributed by atoms with van der Waals surface area (Å²) < 4.78 is 0. The molecule has 0 aliphatic carbocycles. The van der Waals surface area contributed by atoms with Crippen LogP contribution in [0, 0.1) is 5.41 Å². The van der Waals surface area contributed by atoms with Crippen molar-refractivity contribution in [2.24, 2.45) is 5.41 Å². The number of hydrogen-bond donors (Lipinski definition) is 1. The summed E-state index contributed by atoms with van der Waals surface area (Å²) in [5.41, 5.74) is 3.06. The summed E-state index contributed by atoms with van der Waals surface area (Å²) in [6.45, 7) is 0.933. The van der Waals surface area contributed by atoms with Crippen molar-refractivity contribution >= 4 is 11.8 Å². The van der Waals surface area contributed by atoms with Gasteiger partial charge in [-0.3, -0.25) is 19.7 Å². The predicted molar refractivity (Wildman–Crippen MR) is 114 cm³/mol. The number of benzene rings is 1. The molecule has 1 aliphatic rings. The Morgan fingerprint density at radius 3 is 2.60 bits per heavy atom. The monoisotopic (exact) mass is 403 g/mol. The first-order chi connectivity index (χ1) is 14.5. The highest BCUT2D eigenvalue weighted by atomic mass is 16.2. The number of nitrogens with zero attached hydrogens (tertiary/aromatic N) is 4. The third kappa shape index (κ3) is 3.83. The highest BCUT2D eigenvalue weighted by Crippen LogP contribution is 2.37.